The van der Waals surface area contributed by atoms with Crippen LogP contribution in [0.15, 0.2) is 78.9 Å². The molecular formula is C24H28NO3P. The molecule has 0 unspecified atom stereocenters. The lowest BCUT2D eigenvalue weighted by atomic mass is 10.0. The largest absolute Gasteiger partial charge is 0.496 e. The van der Waals surface area contributed by atoms with Crippen LogP contribution in [0.5, 0.6) is 11.5 Å². The first kappa shape index (κ1) is 21.3. The van der Waals surface area contributed by atoms with E-state index in [0.717, 1.165) is 22.4 Å². The molecule has 152 valence electrons. The van der Waals surface area contributed by atoms with E-state index in [-0.39, 0.29) is 6.04 Å². The van der Waals surface area contributed by atoms with E-state index in [9.17, 15) is 5.11 Å². The molecule has 4 nitrogen and oxygen atoms in total. The Morgan fingerprint density at radius 2 is 1.31 bits per heavy atom. The zero-order chi connectivity index (χ0) is 20.8. The van der Waals surface area contributed by atoms with E-state index in [0.29, 0.717) is 0 Å². The average Bonchev–Trinajstić information content (AvgIpc) is 2.79. The molecule has 0 saturated carbocycles. The lowest BCUT2D eigenvalue weighted by Crippen LogP contribution is -2.36. The number of likely N-dealkylation sites (N-methyl/N-ethyl adjacent to an activating group) is 1. The van der Waals surface area contributed by atoms with Crippen molar-refractivity contribution in [1.82, 2.24) is 4.67 Å². The summed E-state index contributed by atoms with van der Waals surface area (Å²) in [6.45, 7) is 2.05. The van der Waals surface area contributed by atoms with Gasteiger partial charge in [0, 0.05) is 14.1 Å². The maximum Gasteiger partial charge on any atom is 0.131 e. The molecule has 0 amide bonds. The van der Waals surface area contributed by atoms with E-state index in [1.54, 1.807) is 14.2 Å². The van der Waals surface area contributed by atoms with Gasteiger partial charge in [0.1, 0.15) is 11.5 Å². The van der Waals surface area contributed by atoms with Gasteiger partial charge in [-0.2, -0.15) is 0 Å². The second-order valence-electron chi connectivity index (χ2n) is 6.83. The van der Waals surface area contributed by atoms with E-state index < -0.39 is 14.2 Å². The van der Waals surface area contributed by atoms with Crippen LogP contribution in [-0.2, 0) is 0 Å². The first-order valence-corrected chi connectivity index (χ1v) is 10.9. The van der Waals surface area contributed by atoms with Crippen LogP contribution < -0.4 is 20.1 Å². The summed E-state index contributed by atoms with van der Waals surface area (Å²) in [5.41, 5.74) is 0.904. The highest BCUT2D eigenvalue weighted by Gasteiger charge is 2.32. The molecule has 3 aromatic carbocycles. The quantitative estimate of drug-likeness (QED) is 0.569. The van der Waals surface area contributed by atoms with Gasteiger partial charge >= 0.3 is 0 Å². The molecule has 3 atom stereocenters. The van der Waals surface area contributed by atoms with Crippen molar-refractivity contribution < 1.29 is 14.6 Å². The van der Waals surface area contributed by atoms with E-state index in [2.05, 4.69) is 30.8 Å². The molecule has 0 heterocycles. The third-order valence-corrected chi connectivity index (χ3v) is 7.76. The maximum atomic E-state index is 11.1. The topological polar surface area (TPSA) is 41.9 Å². The molecule has 0 fully saturated rings. The van der Waals surface area contributed by atoms with Crippen molar-refractivity contribution >= 4 is 18.7 Å². The van der Waals surface area contributed by atoms with E-state index in [4.69, 9.17) is 9.47 Å². The van der Waals surface area contributed by atoms with Gasteiger partial charge in [-0.15, -0.1) is 0 Å². The van der Waals surface area contributed by atoms with E-state index in [1.165, 1.54) is 5.30 Å². The summed E-state index contributed by atoms with van der Waals surface area (Å²) >= 11 is 0. The molecule has 0 aliphatic rings. The number of ether oxygens (including phenoxy) is 2. The van der Waals surface area contributed by atoms with Gasteiger partial charge < -0.3 is 14.6 Å². The highest BCUT2D eigenvalue weighted by atomic mass is 31.1. The molecule has 0 radical (unpaired) electrons. The molecule has 0 saturated heterocycles. The Labute approximate surface area is 174 Å². The third-order valence-electron chi connectivity index (χ3n) is 5.12. The van der Waals surface area contributed by atoms with Gasteiger partial charge in [-0.1, -0.05) is 66.7 Å². The molecule has 0 aliphatic carbocycles. The Bertz CT molecular complexity index is 882. The molecule has 3 rings (SSSR count). The van der Waals surface area contributed by atoms with Crippen LogP contribution >= 0.6 is 8.07 Å². The molecule has 0 aliphatic heterocycles. The van der Waals surface area contributed by atoms with Crippen molar-refractivity contribution in [3.63, 3.8) is 0 Å². The average molecular weight is 409 g/mol. The smallest absolute Gasteiger partial charge is 0.131 e. The molecule has 5 heteroatoms. The highest BCUT2D eigenvalue weighted by Crippen LogP contribution is 2.46. The monoisotopic (exact) mass is 409 g/mol. The second-order valence-corrected chi connectivity index (χ2v) is 9.05. The van der Waals surface area contributed by atoms with Crippen molar-refractivity contribution in [2.24, 2.45) is 0 Å². The highest BCUT2D eigenvalue weighted by molar-refractivity contribution is 7.71. The lowest BCUT2D eigenvalue weighted by Gasteiger charge is -2.37. The van der Waals surface area contributed by atoms with E-state index >= 15 is 0 Å². The third kappa shape index (κ3) is 4.62. The normalized spacial score (nSPS) is 14.3. The van der Waals surface area contributed by atoms with Crippen molar-refractivity contribution in [2.45, 2.75) is 19.1 Å². The van der Waals surface area contributed by atoms with Crippen LogP contribution in [0.1, 0.15) is 18.6 Å². The van der Waals surface area contributed by atoms with Crippen LogP contribution in [-0.4, -0.2) is 37.1 Å². The Hall–Kier alpha value is -2.39. The predicted molar refractivity (Wildman–Crippen MR) is 121 cm³/mol. The summed E-state index contributed by atoms with van der Waals surface area (Å²) in [6, 6.07) is 25.9. The van der Waals surface area contributed by atoms with Crippen LogP contribution in [0, 0.1) is 0 Å². The van der Waals surface area contributed by atoms with Gasteiger partial charge in [0.05, 0.1) is 25.6 Å². The van der Waals surface area contributed by atoms with Crippen molar-refractivity contribution in [2.75, 3.05) is 21.3 Å². The van der Waals surface area contributed by atoms with Crippen molar-refractivity contribution in [3.05, 3.63) is 84.4 Å². The number of rotatable bonds is 8. The maximum absolute atomic E-state index is 11.1. The Balaban J connectivity index is 2.08. The number of aliphatic hydroxyl groups is 1. The minimum absolute atomic E-state index is 0.127. The van der Waals surface area contributed by atoms with Gasteiger partial charge in [0.15, 0.2) is 0 Å². The van der Waals surface area contributed by atoms with Gasteiger partial charge in [0.2, 0.25) is 0 Å². The molecular weight excluding hydrogens is 381 g/mol. The van der Waals surface area contributed by atoms with Crippen LogP contribution in [0.3, 0.4) is 0 Å². The Kier molecular flexibility index (Phi) is 7.27. The van der Waals surface area contributed by atoms with Gasteiger partial charge in [-0.25, -0.2) is 0 Å². The summed E-state index contributed by atoms with van der Waals surface area (Å²) in [5, 5.41) is 13.2. The molecule has 0 bridgehead atoms. The standard InChI is InChI=1S/C24H28NO3P/c1-18(23(26)19-12-7-5-8-13-19)25(2)29(20-14-9-6-10-15-20)24-21(27-3)16-11-17-22(24)28-4/h5-18,23,26H,1-4H3/t18-,23-,29+/m1/s1. The summed E-state index contributed by atoms with van der Waals surface area (Å²) in [5.74, 6) is 1.57. The Morgan fingerprint density at radius 3 is 1.83 bits per heavy atom. The Morgan fingerprint density at radius 1 is 0.793 bits per heavy atom. The number of benzene rings is 3. The first-order chi connectivity index (χ1) is 14.1. The summed E-state index contributed by atoms with van der Waals surface area (Å²) in [7, 11) is 4.41. The van der Waals surface area contributed by atoms with Gasteiger partial charge in [-0.3, -0.25) is 4.67 Å². The summed E-state index contributed by atoms with van der Waals surface area (Å²) < 4.78 is 13.7. The number of nitrogens with zero attached hydrogens (tertiary/aromatic N) is 1. The SMILES string of the molecule is COc1cccc(OC)c1[P@](c1ccccc1)N(C)[C@H](C)[C@@H](O)c1ccccc1. The van der Waals surface area contributed by atoms with Crippen molar-refractivity contribution in [1.29, 1.82) is 0 Å². The first-order valence-electron chi connectivity index (χ1n) is 9.60. The van der Waals surface area contributed by atoms with Gasteiger partial charge in [0.25, 0.3) is 0 Å². The van der Waals surface area contributed by atoms with E-state index in [1.807, 2.05) is 66.7 Å². The van der Waals surface area contributed by atoms with Crippen LogP contribution in [0.4, 0.5) is 0 Å². The minimum Gasteiger partial charge on any atom is -0.496 e. The van der Waals surface area contributed by atoms with Crippen molar-refractivity contribution in [3.8, 4) is 11.5 Å². The molecule has 1 N–H and O–H groups in total. The molecule has 0 spiro atoms. The summed E-state index contributed by atoms with van der Waals surface area (Å²) in [4.78, 5) is 0. The zero-order valence-electron chi connectivity index (χ0n) is 17.3. The minimum atomic E-state index is -1.00. The summed E-state index contributed by atoms with van der Waals surface area (Å²) in [6.07, 6.45) is -0.615. The van der Waals surface area contributed by atoms with Gasteiger partial charge in [-0.05, 0) is 37.0 Å². The zero-order valence-corrected chi connectivity index (χ0v) is 18.2. The fourth-order valence-corrected chi connectivity index (χ4v) is 6.03. The lowest BCUT2D eigenvalue weighted by molar-refractivity contribution is 0.110. The molecule has 0 aromatic heterocycles. The fraction of sp³-hybridized carbons (Fsp3) is 0.250. The molecule has 3 aromatic rings. The predicted octanol–water partition coefficient (Wildman–Crippen LogP) is 4.11. The van der Waals surface area contributed by atoms with Crippen LogP contribution in [0.2, 0.25) is 0 Å². The van der Waals surface area contributed by atoms with Crippen LogP contribution in [0.25, 0.3) is 0 Å². The molecule has 29 heavy (non-hydrogen) atoms. The number of hydrogen-bond donors (Lipinski definition) is 1. The fourth-order valence-electron chi connectivity index (χ4n) is 3.39. The number of methoxy groups -OCH3 is 2. The number of hydrogen-bond acceptors (Lipinski definition) is 4. The second kappa shape index (κ2) is 9.89. The number of aliphatic hydroxyl groups excluding tert-OH is 1.